The molecule has 2 fully saturated rings. The van der Waals surface area contributed by atoms with Gasteiger partial charge in [0.1, 0.15) is 11.5 Å². The van der Waals surface area contributed by atoms with E-state index in [-0.39, 0.29) is 5.41 Å². The number of hydrogen-bond acceptors (Lipinski definition) is 4. The fourth-order valence-corrected chi connectivity index (χ4v) is 7.50. The van der Waals surface area contributed by atoms with Gasteiger partial charge in [-0.3, -0.25) is 4.99 Å². The first-order valence-corrected chi connectivity index (χ1v) is 13.3. The van der Waals surface area contributed by atoms with E-state index in [4.69, 9.17) is 9.73 Å². The number of rotatable bonds is 6. The minimum absolute atomic E-state index is 0.262. The second kappa shape index (κ2) is 9.28. The van der Waals surface area contributed by atoms with E-state index in [1.807, 2.05) is 18.3 Å². The lowest BCUT2D eigenvalue weighted by molar-refractivity contribution is 0.0502. The van der Waals surface area contributed by atoms with Gasteiger partial charge in [0.05, 0.1) is 13.2 Å². The van der Waals surface area contributed by atoms with Crippen LogP contribution in [0.4, 0.5) is 5.69 Å². The number of aryl methyl sites for hydroxylation is 1. The van der Waals surface area contributed by atoms with Crippen molar-refractivity contribution in [2.45, 2.75) is 71.3 Å². The summed E-state index contributed by atoms with van der Waals surface area (Å²) in [6.07, 6.45) is 9.32. The summed E-state index contributed by atoms with van der Waals surface area (Å²) in [4.78, 5) is 7.36. The van der Waals surface area contributed by atoms with Crippen LogP contribution >= 0.6 is 0 Å². The van der Waals surface area contributed by atoms with Gasteiger partial charge in [0.25, 0.3) is 0 Å². The minimum Gasteiger partial charge on any atom is -0.507 e. The molecule has 0 saturated heterocycles. The quantitative estimate of drug-likeness (QED) is 0.495. The van der Waals surface area contributed by atoms with E-state index in [2.05, 4.69) is 49.9 Å². The van der Waals surface area contributed by atoms with Gasteiger partial charge >= 0.3 is 0 Å². The Morgan fingerprint density at radius 3 is 2.65 bits per heavy atom. The average Bonchev–Trinajstić information content (AvgIpc) is 3.20. The highest BCUT2D eigenvalue weighted by molar-refractivity contribution is 5.84. The molecule has 0 heterocycles. The Morgan fingerprint density at radius 1 is 1.09 bits per heavy atom. The van der Waals surface area contributed by atoms with Crippen molar-refractivity contribution in [1.82, 2.24) is 0 Å². The maximum atomic E-state index is 10.7. The van der Waals surface area contributed by atoms with Crippen molar-refractivity contribution in [3.63, 3.8) is 0 Å². The SMILES string of the molecule is CCN(CC)c1ccc(/C=N/[C@H]2CCC3C4CCc5cc(OC)ccc5C4CCC32C)c(O)c1. The molecule has 5 rings (SSSR count). The predicted molar refractivity (Wildman–Crippen MR) is 141 cm³/mol. The second-order valence-corrected chi connectivity index (χ2v) is 10.8. The molecule has 5 atom stereocenters. The lowest BCUT2D eigenvalue weighted by Crippen LogP contribution is -2.43. The summed E-state index contributed by atoms with van der Waals surface area (Å²) in [5.41, 5.74) is 5.24. The maximum absolute atomic E-state index is 10.7. The number of hydrogen-bond donors (Lipinski definition) is 1. The number of aliphatic imine (C=N–C) groups is 1. The first-order chi connectivity index (χ1) is 16.5. The van der Waals surface area contributed by atoms with Crippen LogP contribution in [0.25, 0.3) is 0 Å². The summed E-state index contributed by atoms with van der Waals surface area (Å²) in [7, 11) is 1.76. The fourth-order valence-electron chi connectivity index (χ4n) is 7.50. The summed E-state index contributed by atoms with van der Waals surface area (Å²) < 4.78 is 5.48. The molecule has 3 aliphatic rings. The summed E-state index contributed by atoms with van der Waals surface area (Å²) in [5.74, 6) is 3.51. The van der Waals surface area contributed by atoms with Crippen molar-refractivity contribution >= 4 is 11.9 Å². The second-order valence-electron chi connectivity index (χ2n) is 10.8. The van der Waals surface area contributed by atoms with Crippen LogP contribution in [-0.4, -0.2) is 37.6 Å². The molecule has 4 unspecified atom stereocenters. The Bertz CT molecular complexity index is 1060. The number of nitrogens with zero attached hydrogens (tertiary/aromatic N) is 2. The van der Waals surface area contributed by atoms with E-state index in [1.165, 1.54) is 37.7 Å². The lowest BCUT2D eigenvalue weighted by Gasteiger charge is -2.50. The Hall–Kier alpha value is -2.49. The number of methoxy groups -OCH3 is 1. The Kier molecular flexibility index (Phi) is 6.35. The highest BCUT2D eigenvalue weighted by atomic mass is 16.5. The molecule has 0 aromatic heterocycles. The van der Waals surface area contributed by atoms with Gasteiger partial charge in [-0.1, -0.05) is 13.0 Å². The van der Waals surface area contributed by atoms with E-state index >= 15 is 0 Å². The number of fused-ring (bicyclic) bond motifs is 5. The van der Waals surface area contributed by atoms with E-state index in [0.717, 1.165) is 48.3 Å². The average molecular weight is 461 g/mol. The monoisotopic (exact) mass is 460 g/mol. The topological polar surface area (TPSA) is 45.1 Å². The number of benzene rings is 2. The Balaban J connectivity index is 1.33. The Morgan fingerprint density at radius 2 is 1.91 bits per heavy atom. The standard InChI is InChI=1S/C30H40N2O2/c1-5-32(6-2)22-9-7-21(28(33)18-22)19-31-29-14-13-27-26-11-8-20-17-23(34-4)10-12-24(20)25(26)15-16-30(27,29)3/h7,9-10,12,17-19,25-27,29,33H,5-6,8,11,13-16H2,1-4H3/b31-19+/t25?,26?,27?,29-,30?/m0/s1. The number of ether oxygens (including phenoxy) is 1. The third kappa shape index (κ3) is 3.89. The molecule has 2 aromatic carbocycles. The van der Waals surface area contributed by atoms with E-state index < -0.39 is 0 Å². The van der Waals surface area contributed by atoms with Crippen molar-refractivity contribution in [2.24, 2.45) is 22.2 Å². The molecule has 3 aliphatic carbocycles. The van der Waals surface area contributed by atoms with Crippen molar-refractivity contribution in [1.29, 1.82) is 0 Å². The molecule has 4 nitrogen and oxygen atoms in total. The fraction of sp³-hybridized carbons (Fsp3) is 0.567. The van der Waals surface area contributed by atoms with Gasteiger partial charge in [0.15, 0.2) is 0 Å². The summed E-state index contributed by atoms with van der Waals surface area (Å²) in [5, 5.41) is 10.7. The first-order valence-electron chi connectivity index (χ1n) is 13.3. The van der Waals surface area contributed by atoms with Crippen LogP contribution in [0.3, 0.4) is 0 Å². The molecule has 2 saturated carbocycles. The van der Waals surface area contributed by atoms with Crippen LogP contribution in [0.2, 0.25) is 0 Å². The first kappa shape index (κ1) is 23.3. The van der Waals surface area contributed by atoms with Gasteiger partial charge < -0.3 is 14.7 Å². The van der Waals surface area contributed by atoms with Crippen molar-refractivity contribution in [3.05, 3.63) is 53.1 Å². The van der Waals surface area contributed by atoms with E-state index in [0.29, 0.717) is 17.7 Å². The molecular formula is C30H40N2O2. The highest BCUT2D eigenvalue weighted by Crippen LogP contribution is 2.61. The smallest absolute Gasteiger partial charge is 0.126 e. The number of anilines is 1. The summed E-state index contributed by atoms with van der Waals surface area (Å²) in [6, 6.07) is 13.1. The highest BCUT2D eigenvalue weighted by Gasteiger charge is 2.54. The zero-order valence-electron chi connectivity index (χ0n) is 21.3. The van der Waals surface area contributed by atoms with Crippen LogP contribution in [0.1, 0.15) is 75.5 Å². The van der Waals surface area contributed by atoms with Crippen molar-refractivity contribution < 1.29 is 9.84 Å². The van der Waals surface area contributed by atoms with Crippen LogP contribution in [0.5, 0.6) is 11.5 Å². The summed E-state index contributed by atoms with van der Waals surface area (Å²) in [6.45, 7) is 8.65. The maximum Gasteiger partial charge on any atom is 0.126 e. The summed E-state index contributed by atoms with van der Waals surface area (Å²) >= 11 is 0. The minimum atomic E-state index is 0.262. The molecule has 34 heavy (non-hydrogen) atoms. The van der Waals surface area contributed by atoms with Crippen molar-refractivity contribution in [3.8, 4) is 11.5 Å². The van der Waals surface area contributed by atoms with Gasteiger partial charge in [-0.05, 0) is 111 Å². The predicted octanol–water partition coefficient (Wildman–Crippen LogP) is 6.59. The molecule has 0 spiro atoms. The zero-order chi connectivity index (χ0) is 23.9. The van der Waals surface area contributed by atoms with E-state index in [9.17, 15) is 5.11 Å². The molecule has 1 N–H and O–H groups in total. The number of phenolic OH excluding ortho intramolecular Hbond substituents is 1. The molecule has 182 valence electrons. The van der Waals surface area contributed by atoms with Crippen LogP contribution in [0.15, 0.2) is 41.4 Å². The van der Waals surface area contributed by atoms with Crippen LogP contribution in [-0.2, 0) is 6.42 Å². The van der Waals surface area contributed by atoms with Gasteiger partial charge in [-0.15, -0.1) is 0 Å². The van der Waals surface area contributed by atoms with Gasteiger partial charge in [0, 0.05) is 36.6 Å². The largest absolute Gasteiger partial charge is 0.507 e. The molecule has 0 aliphatic heterocycles. The molecule has 0 bridgehead atoms. The number of aromatic hydroxyl groups is 1. The third-order valence-electron chi connectivity index (χ3n) is 9.42. The third-order valence-corrected chi connectivity index (χ3v) is 9.42. The molecule has 0 radical (unpaired) electrons. The molecule has 0 amide bonds. The lowest BCUT2D eigenvalue weighted by atomic mass is 9.55. The van der Waals surface area contributed by atoms with Crippen LogP contribution in [0, 0.1) is 17.3 Å². The normalized spacial score (nSPS) is 30.0. The molecule has 2 aromatic rings. The Labute approximate surface area is 205 Å². The van der Waals surface area contributed by atoms with Crippen molar-refractivity contribution in [2.75, 3.05) is 25.1 Å². The van der Waals surface area contributed by atoms with Gasteiger partial charge in [-0.25, -0.2) is 0 Å². The molecule has 4 heteroatoms. The zero-order valence-corrected chi connectivity index (χ0v) is 21.3. The van der Waals surface area contributed by atoms with Gasteiger partial charge in [0.2, 0.25) is 0 Å². The molecular weight excluding hydrogens is 420 g/mol. The van der Waals surface area contributed by atoms with Crippen LogP contribution < -0.4 is 9.64 Å². The number of phenols is 1. The van der Waals surface area contributed by atoms with E-state index in [1.54, 1.807) is 12.7 Å². The van der Waals surface area contributed by atoms with Gasteiger partial charge in [-0.2, -0.15) is 0 Å².